The van der Waals surface area contributed by atoms with Crippen molar-refractivity contribution in [1.82, 2.24) is 9.78 Å². The van der Waals surface area contributed by atoms with Crippen LogP contribution in [0.4, 0.5) is 0 Å². The molecule has 0 saturated heterocycles. The monoisotopic (exact) mass is 230 g/mol. The van der Waals surface area contributed by atoms with Crippen LogP contribution in [-0.4, -0.2) is 14.9 Å². The minimum Gasteiger partial charge on any atom is -0.493 e. The fraction of sp³-hybridized carbons (Fsp3) is 0.357. The van der Waals surface area contributed by atoms with E-state index in [1.165, 1.54) is 5.56 Å². The lowest BCUT2D eigenvalue weighted by Gasteiger charge is -2.03. The SMILES string of the molecule is CCc1nn(CC)c(O)c1-c1ccc(C)cc1. The third-order valence-corrected chi connectivity index (χ3v) is 2.97. The van der Waals surface area contributed by atoms with E-state index in [1.54, 1.807) is 4.68 Å². The first-order valence-electron chi connectivity index (χ1n) is 6.03. The van der Waals surface area contributed by atoms with Crippen molar-refractivity contribution in [2.75, 3.05) is 0 Å². The van der Waals surface area contributed by atoms with Gasteiger partial charge >= 0.3 is 0 Å². The van der Waals surface area contributed by atoms with Crippen molar-refractivity contribution < 1.29 is 5.11 Å². The van der Waals surface area contributed by atoms with Gasteiger partial charge in [0.15, 0.2) is 0 Å². The summed E-state index contributed by atoms with van der Waals surface area (Å²) < 4.78 is 1.65. The lowest BCUT2D eigenvalue weighted by atomic mass is 10.0. The standard InChI is InChI=1S/C14H18N2O/c1-4-12-13(14(17)16(5-2)15-12)11-8-6-10(3)7-9-11/h6-9,17H,4-5H2,1-3H3. The summed E-state index contributed by atoms with van der Waals surface area (Å²) >= 11 is 0. The van der Waals surface area contributed by atoms with E-state index in [-0.39, 0.29) is 5.88 Å². The molecule has 0 aliphatic rings. The van der Waals surface area contributed by atoms with Crippen molar-refractivity contribution in [1.29, 1.82) is 0 Å². The average Bonchev–Trinajstić information content (AvgIpc) is 2.67. The second-order valence-corrected chi connectivity index (χ2v) is 4.18. The Kier molecular flexibility index (Phi) is 3.18. The smallest absolute Gasteiger partial charge is 0.217 e. The number of hydrogen-bond donors (Lipinski definition) is 1. The van der Waals surface area contributed by atoms with Gasteiger partial charge in [-0.3, -0.25) is 0 Å². The molecular formula is C14H18N2O. The van der Waals surface area contributed by atoms with Crippen LogP contribution in [0, 0.1) is 6.92 Å². The largest absolute Gasteiger partial charge is 0.493 e. The predicted octanol–water partition coefficient (Wildman–Crippen LogP) is 3.15. The number of hydrogen-bond acceptors (Lipinski definition) is 2. The Labute approximate surface area is 102 Å². The van der Waals surface area contributed by atoms with Crippen LogP contribution in [0.5, 0.6) is 5.88 Å². The van der Waals surface area contributed by atoms with Crippen LogP contribution < -0.4 is 0 Å². The number of aryl methyl sites for hydroxylation is 3. The van der Waals surface area contributed by atoms with Crippen LogP contribution >= 0.6 is 0 Å². The highest BCUT2D eigenvalue weighted by molar-refractivity contribution is 5.71. The average molecular weight is 230 g/mol. The van der Waals surface area contributed by atoms with E-state index in [2.05, 4.69) is 31.1 Å². The van der Waals surface area contributed by atoms with E-state index in [4.69, 9.17) is 0 Å². The van der Waals surface area contributed by atoms with Crippen molar-refractivity contribution in [2.24, 2.45) is 0 Å². The maximum atomic E-state index is 10.2. The van der Waals surface area contributed by atoms with Crippen molar-refractivity contribution >= 4 is 0 Å². The lowest BCUT2D eigenvalue weighted by Crippen LogP contribution is -1.95. The number of nitrogens with zero attached hydrogens (tertiary/aromatic N) is 2. The minimum absolute atomic E-state index is 0.271. The Balaban J connectivity index is 2.57. The molecule has 1 N–H and O–H groups in total. The van der Waals surface area contributed by atoms with Gasteiger partial charge in [-0.25, -0.2) is 4.68 Å². The molecule has 0 fully saturated rings. The second-order valence-electron chi connectivity index (χ2n) is 4.18. The van der Waals surface area contributed by atoms with Gasteiger partial charge in [-0.05, 0) is 25.8 Å². The first kappa shape index (κ1) is 11.7. The highest BCUT2D eigenvalue weighted by atomic mass is 16.3. The Hall–Kier alpha value is -1.77. The Morgan fingerprint density at radius 2 is 1.82 bits per heavy atom. The molecule has 1 aromatic carbocycles. The van der Waals surface area contributed by atoms with Crippen molar-refractivity contribution in [3.8, 4) is 17.0 Å². The van der Waals surface area contributed by atoms with E-state index < -0.39 is 0 Å². The molecule has 0 aliphatic heterocycles. The molecule has 3 heteroatoms. The molecule has 2 rings (SSSR count). The third-order valence-electron chi connectivity index (χ3n) is 2.97. The second kappa shape index (κ2) is 4.62. The Morgan fingerprint density at radius 3 is 2.35 bits per heavy atom. The molecule has 2 aromatic rings. The molecule has 0 radical (unpaired) electrons. The number of rotatable bonds is 3. The number of benzene rings is 1. The molecule has 0 amide bonds. The summed E-state index contributed by atoms with van der Waals surface area (Å²) in [5.41, 5.74) is 4.07. The molecule has 0 atom stereocenters. The van der Waals surface area contributed by atoms with E-state index >= 15 is 0 Å². The van der Waals surface area contributed by atoms with Crippen molar-refractivity contribution in [3.05, 3.63) is 35.5 Å². The highest BCUT2D eigenvalue weighted by Gasteiger charge is 2.16. The summed E-state index contributed by atoms with van der Waals surface area (Å²) in [4.78, 5) is 0. The first-order chi connectivity index (χ1) is 8.17. The van der Waals surface area contributed by atoms with Gasteiger partial charge in [0.25, 0.3) is 0 Å². The summed E-state index contributed by atoms with van der Waals surface area (Å²) in [6, 6.07) is 8.17. The molecule has 0 spiro atoms. The molecular weight excluding hydrogens is 212 g/mol. The molecule has 1 aromatic heterocycles. The van der Waals surface area contributed by atoms with Crippen molar-refractivity contribution in [3.63, 3.8) is 0 Å². The van der Waals surface area contributed by atoms with Crippen LogP contribution in [-0.2, 0) is 13.0 Å². The van der Waals surface area contributed by atoms with Gasteiger partial charge in [0.1, 0.15) is 0 Å². The lowest BCUT2D eigenvalue weighted by molar-refractivity contribution is 0.406. The normalized spacial score (nSPS) is 10.8. The number of aromatic nitrogens is 2. The van der Waals surface area contributed by atoms with Crippen LogP contribution in [0.15, 0.2) is 24.3 Å². The molecule has 0 bridgehead atoms. The van der Waals surface area contributed by atoms with E-state index in [1.807, 2.05) is 19.1 Å². The Bertz CT molecular complexity index is 512. The Morgan fingerprint density at radius 1 is 1.18 bits per heavy atom. The fourth-order valence-electron chi connectivity index (χ4n) is 1.99. The predicted molar refractivity (Wildman–Crippen MR) is 69.1 cm³/mol. The number of aromatic hydroxyl groups is 1. The molecule has 0 aliphatic carbocycles. The maximum Gasteiger partial charge on any atom is 0.217 e. The van der Waals surface area contributed by atoms with Gasteiger partial charge < -0.3 is 5.11 Å². The van der Waals surface area contributed by atoms with Gasteiger partial charge in [-0.1, -0.05) is 36.8 Å². The van der Waals surface area contributed by atoms with Crippen LogP contribution in [0.25, 0.3) is 11.1 Å². The zero-order valence-electron chi connectivity index (χ0n) is 10.6. The quantitative estimate of drug-likeness (QED) is 0.879. The van der Waals surface area contributed by atoms with Crippen LogP contribution in [0.2, 0.25) is 0 Å². The minimum atomic E-state index is 0.271. The summed E-state index contributed by atoms with van der Waals surface area (Å²) in [6.45, 7) is 6.77. The zero-order valence-corrected chi connectivity index (χ0v) is 10.6. The third kappa shape index (κ3) is 2.05. The molecule has 1 heterocycles. The van der Waals surface area contributed by atoms with Crippen LogP contribution in [0.3, 0.4) is 0 Å². The van der Waals surface area contributed by atoms with E-state index in [0.717, 1.165) is 23.2 Å². The van der Waals surface area contributed by atoms with E-state index in [9.17, 15) is 5.11 Å². The molecule has 17 heavy (non-hydrogen) atoms. The highest BCUT2D eigenvalue weighted by Crippen LogP contribution is 2.33. The summed E-state index contributed by atoms with van der Waals surface area (Å²) in [5.74, 6) is 0.271. The molecule has 3 nitrogen and oxygen atoms in total. The molecule has 0 saturated carbocycles. The summed E-state index contributed by atoms with van der Waals surface area (Å²) in [5, 5.41) is 14.6. The molecule has 0 unspecified atom stereocenters. The van der Waals surface area contributed by atoms with Gasteiger partial charge in [0.2, 0.25) is 5.88 Å². The topological polar surface area (TPSA) is 38.0 Å². The first-order valence-corrected chi connectivity index (χ1v) is 6.03. The van der Waals surface area contributed by atoms with Gasteiger partial charge in [-0.2, -0.15) is 5.10 Å². The van der Waals surface area contributed by atoms with Crippen molar-refractivity contribution in [2.45, 2.75) is 33.7 Å². The summed E-state index contributed by atoms with van der Waals surface area (Å²) in [6.07, 6.45) is 0.823. The maximum absolute atomic E-state index is 10.2. The summed E-state index contributed by atoms with van der Waals surface area (Å²) in [7, 11) is 0. The fourth-order valence-corrected chi connectivity index (χ4v) is 1.99. The molecule has 90 valence electrons. The zero-order chi connectivity index (χ0) is 12.4. The van der Waals surface area contributed by atoms with Crippen LogP contribution in [0.1, 0.15) is 25.1 Å². The van der Waals surface area contributed by atoms with Gasteiger partial charge in [0.05, 0.1) is 11.3 Å². The van der Waals surface area contributed by atoms with Gasteiger partial charge in [-0.15, -0.1) is 0 Å². The van der Waals surface area contributed by atoms with E-state index in [0.29, 0.717) is 6.54 Å². The van der Waals surface area contributed by atoms with Gasteiger partial charge in [0, 0.05) is 6.54 Å².